The van der Waals surface area contributed by atoms with Crippen molar-refractivity contribution in [3.63, 3.8) is 0 Å². The van der Waals surface area contributed by atoms with E-state index in [-0.39, 0.29) is 17.6 Å². The van der Waals surface area contributed by atoms with Gasteiger partial charge in [0.2, 0.25) is 0 Å². The zero-order valence-corrected chi connectivity index (χ0v) is 17.6. The van der Waals surface area contributed by atoms with Crippen LogP contribution in [0.3, 0.4) is 0 Å². The number of esters is 1. The van der Waals surface area contributed by atoms with E-state index in [1.807, 2.05) is 24.3 Å². The lowest BCUT2D eigenvalue weighted by molar-refractivity contribution is -0.150. The first-order valence-corrected chi connectivity index (χ1v) is 10.7. The van der Waals surface area contributed by atoms with Gasteiger partial charge in [0.15, 0.2) is 0 Å². The zero-order valence-electron chi connectivity index (χ0n) is 16.8. The highest BCUT2D eigenvalue weighted by atomic mass is 32.1. The topological polar surface area (TPSA) is 137 Å². The number of urea groups is 1. The summed E-state index contributed by atoms with van der Waals surface area (Å²) in [5, 5.41) is 5.94. The van der Waals surface area contributed by atoms with E-state index in [4.69, 9.17) is 16.2 Å². The van der Waals surface area contributed by atoms with Crippen molar-refractivity contribution in [3.8, 4) is 10.4 Å². The van der Waals surface area contributed by atoms with Crippen LogP contribution in [0.2, 0.25) is 0 Å². The molecule has 3 rings (SSSR count). The number of carbonyl (C=O) groups excluding carboxylic acids is 3. The molecule has 9 heteroatoms. The summed E-state index contributed by atoms with van der Waals surface area (Å²) in [4.78, 5) is 35.8. The standard InChI is InChI=1S/C21H26N4O4S/c1-12(20(27)29-15-7-2-3-8-15)24-11-13-5-4-6-14(9-13)17-10-16(18(22)26)19(30-17)25-21(23)28/h4-6,9-10,12,15,24H,2-3,7-8,11H2,1H3,(H2,22,26)(H3,23,25,28)/t12-/m0/s1. The lowest BCUT2D eigenvalue weighted by Crippen LogP contribution is -2.36. The van der Waals surface area contributed by atoms with Crippen LogP contribution in [-0.4, -0.2) is 30.1 Å². The first-order valence-electron chi connectivity index (χ1n) is 9.86. The Bertz CT molecular complexity index is 937. The van der Waals surface area contributed by atoms with Crippen molar-refractivity contribution in [3.05, 3.63) is 41.5 Å². The van der Waals surface area contributed by atoms with E-state index < -0.39 is 18.0 Å². The third kappa shape index (κ3) is 5.58. The third-order valence-electron chi connectivity index (χ3n) is 5.00. The Balaban J connectivity index is 1.66. The quantitative estimate of drug-likeness (QED) is 0.477. The zero-order chi connectivity index (χ0) is 21.7. The van der Waals surface area contributed by atoms with Crippen LogP contribution >= 0.6 is 11.3 Å². The molecule has 1 heterocycles. The number of benzene rings is 1. The fourth-order valence-electron chi connectivity index (χ4n) is 3.38. The molecule has 2 aromatic rings. The van der Waals surface area contributed by atoms with Crippen LogP contribution in [0, 0.1) is 0 Å². The number of carbonyl (C=O) groups is 3. The monoisotopic (exact) mass is 430 g/mol. The van der Waals surface area contributed by atoms with Gasteiger partial charge in [0.1, 0.15) is 17.1 Å². The van der Waals surface area contributed by atoms with Gasteiger partial charge in [0.05, 0.1) is 5.56 Å². The average Bonchev–Trinajstić information content (AvgIpc) is 3.35. The summed E-state index contributed by atoms with van der Waals surface area (Å²) >= 11 is 1.22. The lowest BCUT2D eigenvalue weighted by Gasteiger charge is -2.17. The van der Waals surface area contributed by atoms with E-state index in [2.05, 4.69) is 10.6 Å². The normalized spacial score (nSPS) is 15.0. The summed E-state index contributed by atoms with van der Waals surface area (Å²) in [5.41, 5.74) is 12.6. The lowest BCUT2D eigenvalue weighted by atomic mass is 10.1. The Kier molecular flexibility index (Phi) is 7.07. The summed E-state index contributed by atoms with van der Waals surface area (Å²) in [6.45, 7) is 2.27. The van der Waals surface area contributed by atoms with Crippen molar-refractivity contribution >= 4 is 34.2 Å². The number of nitrogens with one attached hydrogen (secondary N) is 2. The number of thiophene rings is 1. The number of rotatable bonds is 8. The molecule has 0 bridgehead atoms. The van der Waals surface area contributed by atoms with E-state index in [9.17, 15) is 14.4 Å². The molecule has 0 aliphatic heterocycles. The second-order valence-electron chi connectivity index (χ2n) is 7.35. The maximum Gasteiger partial charge on any atom is 0.323 e. The molecule has 1 aliphatic carbocycles. The molecule has 1 saturated carbocycles. The molecule has 0 spiro atoms. The highest BCUT2D eigenvalue weighted by Crippen LogP contribution is 2.35. The van der Waals surface area contributed by atoms with Gasteiger partial charge in [-0.25, -0.2) is 4.79 Å². The Morgan fingerprint density at radius 2 is 1.93 bits per heavy atom. The van der Waals surface area contributed by atoms with Gasteiger partial charge in [0, 0.05) is 11.4 Å². The van der Waals surface area contributed by atoms with Gasteiger partial charge in [-0.05, 0) is 55.9 Å². The SMILES string of the molecule is C[C@H](NCc1cccc(-c2cc(C(N)=O)c(NC(N)=O)s2)c1)C(=O)OC1CCCC1. The molecule has 160 valence electrons. The van der Waals surface area contributed by atoms with Crippen molar-refractivity contribution in [2.24, 2.45) is 11.5 Å². The highest BCUT2D eigenvalue weighted by Gasteiger charge is 2.22. The third-order valence-corrected chi connectivity index (χ3v) is 6.10. The highest BCUT2D eigenvalue weighted by molar-refractivity contribution is 7.20. The molecule has 0 radical (unpaired) electrons. The van der Waals surface area contributed by atoms with Gasteiger partial charge in [0.25, 0.3) is 5.91 Å². The van der Waals surface area contributed by atoms with E-state index in [0.29, 0.717) is 11.5 Å². The summed E-state index contributed by atoms with van der Waals surface area (Å²) in [6, 6.07) is 8.13. The maximum atomic E-state index is 12.2. The van der Waals surface area contributed by atoms with Crippen LogP contribution < -0.4 is 22.1 Å². The van der Waals surface area contributed by atoms with E-state index in [1.54, 1.807) is 13.0 Å². The van der Waals surface area contributed by atoms with Gasteiger partial charge in [-0.15, -0.1) is 11.3 Å². The largest absolute Gasteiger partial charge is 0.461 e. The van der Waals surface area contributed by atoms with E-state index >= 15 is 0 Å². The number of anilines is 1. The minimum absolute atomic E-state index is 0.0477. The van der Waals surface area contributed by atoms with Crippen molar-refractivity contribution in [1.82, 2.24) is 5.32 Å². The molecule has 1 aliphatic rings. The Morgan fingerprint density at radius 1 is 1.20 bits per heavy atom. The number of ether oxygens (including phenoxy) is 1. The van der Waals surface area contributed by atoms with Crippen LogP contribution in [0.15, 0.2) is 30.3 Å². The van der Waals surface area contributed by atoms with Gasteiger partial charge < -0.3 is 21.5 Å². The summed E-state index contributed by atoms with van der Waals surface area (Å²) in [5.74, 6) is -0.877. The van der Waals surface area contributed by atoms with Gasteiger partial charge in [-0.2, -0.15) is 0 Å². The molecule has 0 saturated heterocycles. The molecule has 1 fully saturated rings. The van der Waals surface area contributed by atoms with Crippen molar-refractivity contribution < 1.29 is 19.1 Å². The predicted molar refractivity (Wildman–Crippen MR) is 116 cm³/mol. The molecule has 6 N–H and O–H groups in total. The number of primary amides is 2. The van der Waals surface area contributed by atoms with Crippen LogP contribution in [0.5, 0.6) is 0 Å². The summed E-state index contributed by atoms with van der Waals surface area (Å²) in [7, 11) is 0. The minimum Gasteiger partial charge on any atom is -0.461 e. The van der Waals surface area contributed by atoms with Crippen molar-refractivity contribution in [2.45, 2.75) is 51.3 Å². The number of nitrogens with two attached hydrogens (primary N) is 2. The molecule has 0 unspecified atom stereocenters. The van der Waals surface area contributed by atoms with E-state index in [0.717, 1.165) is 41.7 Å². The Morgan fingerprint density at radius 3 is 2.60 bits per heavy atom. The number of hydrogen-bond donors (Lipinski definition) is 4. The average molecular weight is 431 g/mol. The van der Waals surface area contributed by atoms with Gasteiger partial charge in [-0.3, -0.25) is 14.9 Å². The second kappa shape index (κ2) is 9.73. The van der Waals surface area contributed by atoms with Crippen LogP contribution in [0.1, 0.15) is 48.5 Å². The fraction of sp³-hybridized carbons (Fsp3) is 0.381. The number of hydrogen-bond acceptors (Lipinski definition) is 6. The molecule has 1 atom stereocenters. The molecule has 30 heavy (non-hydrogen) atoms. The van der Waals surface area contributed by atoms with E-state index in [1.165, 1.54) is 11.3 Å². The molecule has 1 aromatic heterocycles. The van der Waals surface area contributed by atoms with Crippen molar-refractivity contribution in [2.75, 3.05) is 5.32 Å². The van der Waals surface area contributed by atoms with Crippen molar-refractivity contribution in [1.29, 1.82) is 0 Å². The smallest absolute Gasteiger partial charge is 0.323 e. The Labute approximate surface area is 179 Å². The maximum absolute atomic E-state index is 12.2. The minimum atomic E-state index is -0.762. The van der Waals surface area contributed by atoms with Gasteiger partial charge in [-0.1, -0.05) is 18.2 Å². The second-order valence-corrected chi connectivity index (χ2v) is 8.41. The van der Waals surface area contributed by atoms with Gasteiger partial charge >= 0.3 is 12.0 Å². The van der Waals surface area contributed by atoms with Crippen LogP contribution in [0.4, 0.5) is 9.80 Å². The molecule has 1 aromatic carbocycles. The first kappa shape index (κ1) is 21.8. The summed E-state index contributed by atoms with van der Waals surface area (Å²) < 4.78 is 5.54. The Hall–Kier alpha value is -2.91. The van der Waals surface area contributed by atoms with Crippen LogP contribution in [-0.2, 0) is 16.1 Å². The molecule has 3 amide bonds. The number of amides is 3. The first-order chi connectivity index (χ1) is 14.3. The predicted octanol–water partition coefficient (Wildman–Crippen LogP) is 2.97. The molecular weight excluding hydrogens is 404 g/mol. The molecular formula is C21H26N4O4S. The fourth-order valence-corrected chi connectivity index (χ4v) is 4.45. The summed E-state index contributed by atoms with van der Waals surface area (Å²) in [6.07, 6.45) is 4.17. The molecule has 8 nitrogen and oxygen atoms in total. The van der Waals surface area contributed by atoms with Crippen LogP contribution in [0.25, 0.3) is 10.4 Å².